The van der Waals surface area contributed by atoms with Gasteiger partial charge in [0.15, 0.2) is 0 Å². The number of hydrogen-bond donors (Lipinski definition) is 2. The van der Waals surface area contributed by atoms with E-state index in [4.69, 9.17) is 5.73 Å². The summed E-state index contributed by atoms with van der Waals surface area (Å²) in [7, 11) is 0. The van der Waals surface area contributed by atoms with Crippen LogP contribution in [0, 0.1) is 3.57 Å². The molecule has 1 heterocycles. The molecule has 0 aliphatic heterocycles. The van der Waals surface area contributed by atoms with Crippen molar-refractivity contribution in [3.63, 3.8) is 0 Å². The fraction of sp³-hybridized carbons (Fsp3) is 0.286. The van der Waals surface area contributed by atoms with Crippen LogP contribution < -0.4 is 5.73 Å². The van der Waals surface area contributed by atoms with Gasteiger partial charge in [0.25, 0.3) is 6.43 Å². The molecule has 0 spiro atoms. The molecule has 0 saturated carbocycles. The highest BCUT2D eigenvalue weighted by atomic mass is 127. The molecular formula is C7H7F2IN2O. The molecule has 0 aromatic carbocycles. The lowest BCUT2D eigenvalue weighted by atomic mass is 10.3. The Bertz CT molecular complexity index is 320. The van der Waals surface area contributed by atoms with Gasteiger partial charge in [-0.3, -0.25) is 0 Å². The van der Waals surface area contributed by atoms with Gasteiger partial charge >= 0.3 is 0 Å². The van der Waals surface area contributed by atoms with Crippen LogP contribution in [0.4, 0.5) is 8.78 Å². The van der Waals surface area contributed by atoms with Crippen molar-refractivity contribution in [2.24, 2.45) is 5.73 Å². The number of halogens is 3. The average Bonchev–Trinajstić information content (AvgIpc) is 2.03. The van der Waals surface area contributed by atoms with E-state index < -0.39 is 6.43 Å². The van der Waals surface area contributed by atoms with Gasteiger partial charge in [0.2, 0.25) is 0 Å². The lowest BCUT2D eigenvalue weighted by Gasteiger charge is -2.06. The number of rotatable bonds is 2. The predicted octanol–water partition coefficient (Wildman–Crippen LogP) is 1.79. The molecule has 0 bridgehead atoms. The van der Waals surface area contributed by atoms with E-state index in [1.165, 1.54) is 6.07 Å². The van der Waals surface area contributed by atoms with Crippen molar-refractivity contribution in [1.29, 1.82) is 0 Å². The van der Waals surface area contributed by atoms with Crippen LogP contribution in [0.3, 0.4) is 0 Å². The highest BCUT2D eigenvalue weighted by molar-refractivity contribution is 14.1. The van der Waals surface area contributed by atoms with E-state index in [-0.39, 0.29) is 27.3 Å². The molecule has 0 aliphatic carbocycles. The van der Waals surface area contributed by atoms with Crippen molar-refractivity contribution in [2.75, 3.05) is 0 Å². The molecule has 13 heavy (non-hydrogen) atoms. The molecule has 0 radical (unpaired) electrons. The Kier molecular flexibility index (Phi) is 3.37. The molecular weight excluding hydrogens is 293 g/mol. The zero-order valence-electron chi connectivity index (χ0n) is 6.47. The van der Waals surface area contributed by atoms with Crippen molar-refractivity contribution < 1.29 is 13.9 Å². The second kappa shape index (κ2) is 4.14. The molecule has 0 amide bonds. The third kappa shape index (κ3) is 2.25. The van der Waals surface area contributed by atoms with Crippen LogP contribution in [0.2, 0.25) is 0 Å². The largest absolute Gasteiger partial charge is 0.506 e. The monoisotopic (exact) mass is 300 g/mol. The summed E-state index contributed by atoms with van der Waals surface area (Å²) in [6.07, 6.45) is -2.64. The van der Waals surface area contributed by atoms with Crippen LogP contribution in [0.1, 0.15) is 17.8 Å². The van der Waals surface area contributed by atoms with Crippen molar-refractivity contribution in [2.45, 2.75) is 13.0 Å². The minimum Gasteiger partial charge on any atom is -0.506 e. The van der Waals surface area contributed by atoms with Crippen LogP contribution in [0.5, 0.6) is 5.75 Å². The van der Waals surface area contributed by atoms with Crippen LogP contribution in [-0.2, 0) is 6.54 Å². The van der Waals surface area contributed by atoms with Crippen LogP contribution >= 0.6 is 22.6 Å². The maximum Gasteiger partial charge on any atom is 0.281 e. The van der Waals surface area contributed by atoms with Gasteiger partial charge in [-0.2, -0.15) is 0 Å². The van der Waals surface area contributed by atoms with Gasteiger partial charge in [0, 0.05) is 10.1 Å². The van der Waals surface area contributed by atoms with E-state index in [9.17, 15) is 13.9 Å². The van der Waals surface area contributed by atoms with E-state index in [0.29, 0.717) is 0 Å². The lowest BCUT2D eigenvalue weighted by Crippen LogP contribution is -2.04. The Balaban J connectivity index is 3.22. The Morgan fingerprint density at radius 3 is 2.69 bits per heavy atom. The van der Waals surface area contributed by atoms with Gasteiger partial charge in [-0.25, -0.2) is 13.8 Å². The van der Waals surface area contributed by atoms with Gasteiger partial charge in [0.05, 0.1) is 5.69 Å². The summed E-state index contributed by atoms with van der Waals surface area (Å²) < 4.78 is 24.8. The highest BCUT2D eigenvalue weighted by Crippen LogP contribution is 2.27. The minimum absolute atomic E-state index is 0.0531. The van der Waals surface area contributed by atoms with Crippen molar-refractivity contribution in [3.8, 4) is 5.75 Å². The number of aromatic nitrogens is 1. The average molecular weight is 300 g/mol. The molecule has 0 fully saturated rings. The smallest absolute Gasteiger partial charge is 0.281 e. The third-order valence-corrected chi connectivity index (χ3v) is 2.32. The van der Waals surface area contributed by atoms with E-state index in [0.717, 1.165) is 0 Å². The second-order valence-corrected chi connectivity index (χ2v) is 3.49. The zero-order valence-corrected chi connectivity index (χ0v) is 8.62. The van der Waals surface area contributed by atoms with E-state index >= 15 is 0 Å². The van der Waals surface area contributed by atoms with Crippen LogP contribution in [0.25, 0.3) is 0 Å². The summed E-state index contributed by atoms with van der Waals surface area (Å²) in [6, 6.07) is 1.23. The Morgan fingerprint density at radius 1 is 1.62 bits per heavy atom. The first-order valence-electron chi connectivity index (χ1n) is 3.42. The number of alkyl halides is 2. The summed E-state index contributed by atoms with van der Waals surface area (Å²) in [5.74, 6) is -0.142. The SMILES string of the molecule is NCc1nc(C(F)F)c(I)cc1O. The summed E-state index contributed by atoms with van der Waals surface area (Å²) in [6.45, 7) is -0.0531. The van der Waals surface area contributed by atoms with E-state index in [2.05, 4.69) is 4.98 Å². The van der Waals surface area contributed by atoms with Crippen molar-refractivity contribution in [1.82, 2.24) is 4.98 Å². The topological polar surface area (TPSA) is 59.1 Å². The van der Waals surface area contributed by atoms with Crippen molar-refractivity contribution in [3.05, 3.63) is 21.0 Å². The molecule has 1 aromatic rings. The number of hydrogen-bond acceptors (Lipinski definition) is 3. The quantitative estimate of drug-likeness (QED) is 0.819. The van der Waals surface area contributed by atoms with Gasteiger partial charge < -0.3 is 10.8 Å². The normalized spacial score (nSPS) is 10.8. The zero-order chi connectivity index (χ0) is 10.0. The number of nitrogens with two attached hydrogens (primary N) is 1. The fourth-order valence-corrected chi connectivity index (χ4v) is 1.49. The molecule has 1 aromatic heterocycles. The lowest BCUT2D eigenvalue weighted by molar-refractivity contribution is 0.144. The van der Waals surface area contributed by atoms with Crippen molar-refractivity contribution >= 4 is 22.6 Å². The fourth-order valence-electron chi connectivity index (χ4n) is 0.837. The first-order valence-corrected chi connectivity index (χ1v) is 4.50. The molecule has 0 saturated heterocycles. The molecule has 3 nitrogen and oxygen atoms in total. The second-order valence-electron chi connectivity index (χ2n) is 2.33. The summed E-state index contributed by atoms with van der Waals surface area (Å²) in [4.78, 5) is 3.56. The van der Waals surface area contributed by atoms with E-state index in [1.54, 1.807) is 22.6 Å². The first kappa shape index (κ1) is 10.6. The Hall–Kier alpha value is -0.500. The number of pyridine rings is 1. The molecule has 0 aliphatic rings. The maximum absolute atomic E-state index is 12.3. The molecule has 1 rings (SSSR count). The first-order chi connectivity index (χ1) is 6.06. The Morgan fingerprint density at radius 2 is 2.23 bits per heavy atom. The third-order valence-electron chi connectivity index (χ3n) is 1.46. The summed E-state index contributed by atoms with van der Waals surface area (Å²) in [5, 5.41) is 9.21. The van der Waals surface area contributed by atoms with Crippen LogP contribution in [0.15, 0.2) is 6.07 Å². The molecule has 0 unspecified atom stereocenters. The standard InChI is InChI=1S/C7H7F2IN2O/c8-7(9)6-3(10)1-5(13)4(2-11)12-6/h1,7,13H,2,11H2. The minimum atomic E-state index is -2.64. The number of aromatic hydroxyl groups is 1. The highest BCUT2D eigenvalue weighted by Gasteiger charge is 2.16. The van der Waals surface area contributed by atoms with Gasteiger partial charge in [-0.05, 0) is 28.7 Å². The summed E-state index contributed by atoms with van der Waals surface area (Å²) in [5.41, 5.74) is 4.96. The van der Waals surface area contributed by atoms with Gasteiger partial charge in [-0.15, -0.1) is 0 Å². The number of nitrogens with zero attached hydrogens (tertiary/aromatic N) is 1. The maximum atomic E-state index is 12.3. The molecule has 3 N–H and O–H groups in total. The van der Waals surface area contributed by atoms with E-state index in [1.807, 2.05) is 0 Å². The molecule has 0 atom stereocenters. The molecule has 72 valence electrons. The predicted molar refractivity (Wildman–Crippen MR) is 51.5 cm³/mol. The van der Waals surface area contributed by atoms with Gasteiger partial charge in [0.1, 0.15) is 11.4 Å². The Labute approximate surface area is 87.1 Å². The summed E-state index contributed by atoms with van der Waals surface area (Å²) >= 11 is 1.69. The van der Waals surface area contributed by atoms with Crippen LogP contribution in [-0.4, -0.2) is 10.1 Å². The van der Waals surface area contributed by atoms with Gasteiger partial charge in [-0.1, -0.05) is 0 Å². The molecule has 6 heteroatoms.